The van der Waals surface area contributed by atoms with Gasteiger partial charge in [0, 0.05) is 45.6 Å². The van der Waals surface area contributed by atoms with Crippen LogP contribution in [0.2, 0.25) is 0 Å². The third-order valence-electron chi connectivity index (χ3n) is 3.86. The van der Waals surface area contributed by atoms with E-state index in [0.29, 0.717) is 6.04 Å². The third-order valence-corrected chi connectivity index (χ3v) is 3.86. The van der Waals surface area contributed by atoms with Gasteiger partial charge < -0.3 is 19.7 Å². The largest absolute Gasteiger partial charge is 0.377 e. The van der Waals surface area contributed by atoms with Crippen LogP contribution < -0.4 is 10.2 Å². The average molecular weight is 293 g/mol. The molecule has 0 aliphatic carbocycles. The Morgan fingerprint density at radius 1 is 1.24 bits per heavy atom. The van der Waals surface area contributed by atoms with Crippen molar-refractivity contribution < 1.29 is 9.47 Å². The molecule has 5 heteroatoms. The molecule has 1 aromatic rings. The summed E-state index contributed by atoms with van der Waals surface area (Å²) in [6, 6.07) is 4.77. The summed E-state index contributed by atoms with van der Waals surface area (Å²) in [7, 11) is 3.48. The second-order valence-corrected chi connectivity index (χ2v) is 5.96. The van der Waals surface area contributed by atoms with E-state index in [0.717, 1.165) is 31.1 Å². The Bertz CT molecular complexity index is 453. The van der Waals surface area contributed by atoms with E-state index in [1.807, 2.05) is 6.92 Å². The molecule has 2 atom stereocenters. The zero-order chi connectivity index (χ0) is 15.4. The van der Waals surface area contributed by atoms with Gasteiger partial charge in [0.1, 0.15) is 18.0 Å². The second kappa shape index (κ2) is 7.20. The number of aryl methyl sites for hydroxylation is 1. The van der Waals surface area contributed by atoms with Crippen LogP contribution in [0.4, 0.5) is 5.82 Å². The van der Waals surface area contributed by atoms with Gasteiger partial charge in [-0.3, -0.25) is 0 Å². The summed E-state index contributed by atoms with van der Waals surface area (Å²) in [5.74, 6) is 1.01. The summed E-state index contributed by atoms with van der Waals surface area (Å²) in [6.07, 6.45) is 0.212. The molecule has 5 nitrogen and oxygen atoms in total. The summed E-state index contributed by atoms with van der Waals surface area (Å²) in [5, 5.41) is 3.45. The molecule has 2 rings (SSSR count). The van der Waals surface area contributed by atoms with Crippen LogP contribution in [0.5, 0.6) is 0 Å². The fraction of sp³-hybridized carbons (Fsp3) is 0.688. The molecule has 1 aliphatic heterocycles. The number of hydrogen-bond acceptors (Lipinski definition) is 5. The van der Waals surface area contributed by atoms with Crippen LogP contribution >= 0.6 is 0 Å². The lowest BCUT2D eigenvalue weighted by Crippen LogP contribution is -2.27. The fourth-order valence-corrected chi connectivity index (χ4v) is 2.69. The van der Waals surface area contributed by atoms with Gasteiger partial charge in [-0.1, -0.05) is 13.8 Å². The van der Waals surface area contributed by atoms with E-state index >= 15 is 0 Å². The highest BCUT2D eigenvalue weighted by Gasteiger charge is 2.33. The molecule has 1 saturated heterocycles. The average Bonchev–Trinajstić information content (AvgIpc) is 2.88. The minimum absolute atomic E-state index is 0.106. The molecule has 0 spiro atoms. The predicted molar refractivity (Wildman–Crippen MR) is 84.8 cm³/mol. The number of rotatable bonds is 6. The van der Waals surface area contributed by atoms with E-state index in [1.165, 1.54) is 5.56 Å². The number of aromatic nitrogens is 1. The second-order valence-electron chi connectivity index (χ2n) is 5.96. The number of nitrogens with zero attached hydrogens (tertiary/aromatic N) is 2. The van der Waals surface area contributed by atoms with Crippen molar-refractivity contribution in [2.45, 2.75) is 45.6 Å². The van der Waals surface area contributed by atoms with Crippen LogP contribution in [0.3, 0.4) is 0 Å². The van der Waals surface area contributed by atoms with E-state index in [4.69, 9.17) is 9.47 Å². The molecule has 0 amide bonds. The Kier molecular flexibility index (Phi) is 5.56. The molecule has 0 saturated carbocycles. The Morgan fingerprint density at radius 3 is 2.38 bits per heavy atom. The molecule has 21 heavy (non-hydrogen) atoms. The van der Waals surface area contributed by atoms with Gasteiger partial charge in [0.15, 0.2) is 0 Å². The van der Waals surface area contributed by atoms with Gasteiger partial charge in [-0.05, 0) is 24.6 Å². The first-order valence-electron chi connectivity index (χ1n) is 7.55. The summed E-state index contributed by atoms with van der Waals surface area (Å²) < 4.78 is 11.0. The summed E-state index contributed by atoms with van der Waals surface area (Å²) in [4.78, 5) is 6.91. The maximum atomic E-state index is 5.50. The van der Waals surface area contributed by atoms with E-state index < -0.39 is 0 Å². The SMILES string of the molecule is COC1CN(c2cc(CNC(C)C)cc(C)n2)CC1OC. The zero-order valence-electron chi connectivity index (χ0n) is 13.7. The van der Waals surface area contributed by atoms with Gasteiger partial charge >= 0.3 is 0 Å². The quantitative estimate of drug-likeness (QED) is 0.865. The highest BCUT2D eigenvalue weighted by Crippen LogP contribution is 2.23. The minimum atomic E-state index is 0.106. The minimum Gasteiger partial charge on any atom is -0.377 e. The van der Waals surface area contributed by atoms with Crippen molar-refractivity contribution in [3.05, 3.63) is 23.4 Å². The highest BCUT2D eigenvalue weighted by atomic mass is 16.5. The standard InChI is InChI=1S/C16H27N3O2/c1-11(2)17-8-13-6-12(3)18-16(7-13)19-9-14(20-4)15(10-19)21-5/h6-7,11,14-15,17H,8-10H2,1-5H3. The zero-order valence-corrected chi connectivity index (χ0v) is 13.7. The summed E-state index contributed by atoms with van der Waals surface area (Å²) in [5.41, 5.74) is 2.31. The number of pyridine rings is 1. The van der Waals surface area contributed by atoms with Crippen LogP contribution in [0, 0.1) is 6.92 Å². The molecule has 1 N–H and O–H groups in total. The van der Waals surface area contributed by atoms with E-state index in [2.05, 4.69) is 41.2 Å². The predicted octanol–water partition coefficient (Wildman–Crippen LogP) is 1.74. The Morgan fingerprint density at radius 2 is 1.86 bits per heavy atom. The first-order valence-corrected chi connectivity index (χ1v) is 7.55. The Balaban J connectivity index is 2.12. The molecule has 0 radical (unpaired) electrons. The number of nitrogens with one attached hydrogen (secondary N) is 1. The van der Waals surface area contributed by atoms with Crippen LogP contribution in [0.15, 0.2) is 12.1 Å². The monoisotopic (exact) mass is 293 g/mol. The molecule has 1 fully saturated rings. The number of anilines is 1. The molecule has 1 aromatic heterocycles. The fourth-order valence-electron chi connectivity index (χ4n) is 2.69. The lowest BCUT2D eigenvalue weighted by Gasteiger charge is -2.19. The molecule has 2 heterocycles. The van der Waals surface area contributed by atoms with Crippen molar-refractivity contribution in [2.75, 3.05) is 32.2 Å². The lowest BCUT2D eigenvalue weighted by atomic mass is 10.2. The van der Waals surface area contributed by atoms with Crippen LogP contribution in [0.25, 0.3) is 0 Å². The van der Waals surface area contributed by atoms with Crippen LogP contribution in [-0.2, 0) is 16.0 Å². The highest BCUT2D eigenvalue weighted by molar-refractivity contribution is 5.44. The first kappa shape index (κ1) is 16.2. The van der Waals surface area contributed by atoms with E-state index in [1.54, 1.807) is 14.2 Å². The van der Waals surface area contributed by atoms with E-state index in [9.17, 15) is 0 Å². The number of methoxy groups -OCH3 is 2. The van der Waals surface area contributed by atoms with Crippen molar-refractivity contribution in [1.82, 2.24) is 10.3 Å². The molecule has 0 aromatic carbocycles. The third kappa shape index (κ3) is 4.15. The van der Waals surface area contributed by atoms with Crippen molar-refractivity contribution in [1.29, 1.82) is 0 Å². The van der Waals surface area contributed by atoms with Crippen molar-refractivity contribution in [3.8, 4) is 0 Å². The van der Waals surface area contributed by atoms with Gasteiger partial charge in [-0.2, -0.15) is 0 Å². The van der Waals surface area contributed by atoms with Gasteiger partial charge in [0.25, 0.3) is 0 Å². The Labute approximate surface area is 127 Å². The summed E-state index contributed by atoms with van der Waals surface area (Å²) in [6.45, 7) is 8.86. The molecule has 1 aliphatic rings. The first-order chi connectivity index (χ1) is 10.0. The normalized spacial score (nSPS) is 22.3. The molecule has 2 unspecified atom stereocenters. The van der Waals surface area contributed by atoms with Gasteiger partial charge in [0.2, 0.25) is 0 Å². The van der Waals surface area contributed by atoms with Gasteiger partial charge in [0.05, 0.1) is 0 Å². The summed E-state index contributed by atoms with van der Waals surface area (Å²) >= 11 is 0. The topological polar surface area (TPSA) is 46.6 Å². The lowest BCUT2D eigenvalue weighted by molar-refractivity contribution is -0.00461. The molecule has 0 bridgehead atoms. The van der Waals surface area contributed by atoms with Crippen LogP contribution in [-0.4, -0.2) is 50.5 Å². The van der Waals surface area contributed by atoms with Crippen molar-refractivity contribution in [2.24, 2.45) is 0 Å². The van der Waals surface area contributed by atoms with Gasteiger partial charge in [-0.15, -0.1) is 0 Å². The van der Waals surface area contributed by atoms with E-state index in [-0.39, 0.29) is 12.2 Å². The maximum absolute atomic E-state index is 5.50. The smallest absolute Gasteiger partial charge is 0.129 e. The Hall–Kier alpha value is -1.17. The number of hydrogen-bond donors (Lipinski definition) is 1. The number of ether oxygens (including phenoxy) is 2. The maximum Gasteiger partial charge on any atom is 0.129 e. The molecule has 118 valence electrons. The van der Waals surface area contributed by atoms with Crippen molar-refractivity contribution >= 4 is 5.82 Å². The van der Waals surface area contributed by atoms with Crippen molar-refractivity contribution in [3.63, 3.8) is 0 Å². The van der Waals surface area contributed by atoms with Crippen LogP contribution in [0.1, 0.15) is 25.1 Å². The van der Waals surface area contributed by atoms with Gasteiger partial charge in [-0.25, -0.2) is 4.98 Å². The molecular weight excluding hydrogens is 266 g/mol. The molecular formula is C16H27N3O2.